The van der Waals surface area contributed by atoms with E-state index in [0.29, 0.717) is 49.1 Å². The topological polar surface area (TPSA) is 78.9 Å². The van der Waals surface area contributed by atoms with E-state index in [1.54, 1.807) is 26.2 Å². The molecule has 2 saturated heterocycles. The maximum absolute atomic E-state index is 15.1. The van der Waals surface area contributed by atoms with Gasteiger partial charge in [0.15, 0.2) is 0 Å². The number of carbonyl (C=O) groups is 1. The van der Waals surface area contributed by atoms with Crippen LogP contribution in [0.3, 0.4) is 0 Å². The minimum atomic E-state index is -0.486. The molecule has 9 nitrogen and oxygen atoms in total. The van der Waals surface area contributed by atoms with Crippen LogP contribution in [0.1, 0.15) is 12.5 Å². The summed E-state index contributed by atoms with van der Waals surface area (Å²) in [5.41, 5.74) is 2.78. The highest BCUT2D eigenvalue weighted by molar-refractivity contribution is 7.80. The van der Waals surface area contributed by atoms with Gasteiger partial charge in [0.05, 0.1) is 36.6 Å². The normalized spacial score (nSPS) is 18.5. The molecule has 0 spiro atoms. The number of thiocarbonyl (C=S) groups is 1. The van der Waals surface area contributed by atoms with Crippen LogP contribution >= 0.6 is 12.2 Å². The van der Waals surface area contributed by atoms with E-state index in [0.717, 1.165) is 30.1 Å². The quantitative estimate of drug-likeness (QED) is 0.301. The minimum Gasteiger partial charge on any atom is -0.497 e. The number of nitrogens with one attached hydrogen (secondary N) is 1. The molecule has 2 aromatic rings. The number of anilines is 2. The summed E-state index contributed by atoms with van der Waals surface area (Å²) in [7, 11) is 3.17. The maximum Gasteiger partial charge on any atom is 0.414 e. The number of ether oxygens (including phenoxy) is 2. The molecule has 4 rings (SSSR count). The van der Waals surface area contributed by atoms with Gasteiger partial charge in [0.1, 0.15) is 30.5 Å². The summed E-state index contributed by atoms with van der Waals surface area (Å²) in [6, 6.07) is 12.6. The highest BCUT2D eigenvalue weighted by Gasteiger charge is 2.33. The van der Waals surface area contributed by atoms with E-state index in [9.17, 15) is 4.79 Å². The maximum atomic E-state index is 15.1. The zero-order valence-electron chi connectivity index (χ0n) is 21.3. The van der Waals surface area contributed by atoms with Crippen molar-refractivity contribution >= 4 is 40.4 Å². The summed E-state index contributed by atoms with van der Waals surface area (Å²) in [6.07, 6.45) is -0.828. The second-order valence-electron chi connectivity index (χ2n) is 8.90. The van der Waals surface area contributed by atoms with Gasteiger partial charge in [0, 0.05) is 38.3 Å². The third-order valence-electron chi connectivity index (χ3n) is 6.41. The molecular weight excluding hydrogens is 497 g/mol. The number of oxime groups is 1. The molecule has 0 bridgehead atoms. The molecule has 2 fully saturated rings. The predicted octanol–water partition coefficient (Wildman–Crippen LogP) is 3.27. The first-order chi connectivity index (χ1) is 17.9. The number of nitrogens with zero attached hydrogens (tertiary/aromatic N) is 4. The van der Waals surface area contributed by atoms with E-state index in [4.69, 9.17) is 26.5 Å². The largest absolute Gasteiger partial charge is 0.497 e. The molecule has 0 unspecified atom stereocenters. The summed E-state index contributed by atoms with van der Waals surface area (Å²) < 4.78 is 25.8. The van der Waals surface area contributed by atoms with Crippen molar-refractivity contribution in [1.82, 2.24) is 10.2 Å². The van der Waals surface area contributed by atoms with E-state index in [1.807, 2.05) is 29.2 Å². The van der Waals surface area contributed by atoms with Gasteiger partial charge in [-0.1, -0.05) is 17.4 Å². The van der Waals surface area contributed by atoms with Gasteiger partial charge in [-0.2, -0.15) is 0 Å². The first-order valence-corrected chi connectivity index (χ1v) is 12.5. The summed E-state index contributed by atoms with van der Waals surface area (Å²) in [4.78, 5) is 23.8. The average Bonchev–Trinajstić information content (AvgIpc) is 3.28. The van der Waals surface area contributed by atoms with E-state index < -0.39 is 6.09 Å². The number of methoxy groups -OCH3 is 1. The van der Waals surface area contributed by atoms with Crippen LogP contribution < -0.4 is 19.9 Å². The highest BCUT2D eigenvalue weighted by atomic mass is 32.1. The Morgan fingerprint density at radius 3 is 2.51 bits per heavy atom. The number of benzene rings is 2. The van der Waals surface area contributed by atoms with Crippen LogP contribution in [0, 0.1) is 5.82 Å². The van der Waals surface area contributed by atoms with Crippen LogP contribution in [-0.2, 0) is 9.57 Å². The van der Waals surface area contributed by atoms with Crippen LogP contribution in [0.2, 0.25) is 0 Å². The van der Waals surface area contributed by atoms with Gasteiger partial charge in [0.25, 0.3) is 0 Å². The number of piperazine rings is 1. The fourth-order valence-corrected chi connectivity index (χ4v) is 4.52. The lowest BCUT2D eigenvalue weighted by Crippen LogP contribution is -2.48. The van der Waals surface area contributed by atoms with Crippen LogP contribution in [0.4, 0.5) is 20.6 Å². The van der Waals surface area contributed by atoms with Crippen LogP contribution in [0.15, 0.2) is 47.6 Å². The molecule has 11 heteroatoms. The Balaban J connectivity index is 1.35. The number of carbonyl (C=O) groups excluding carboxylic acids is 1. The number of rotatable bonds is 9. The summed E-state index contributed by atoms with van der Waals surface area (Å²) in [6.45, 7) is 5.96. The zero-order valence-corrected chi connectivity index (χ0v) is 22.1. The SMILES string of the molecule is CO/N=C(/CN1CCN(c2ccc(N3C[C@H](CNC(C)=S)OC3=O)cc2F)CC1)c1ccc(OC)cc1. The molecule has 2 aromatic carbocycles. The molecule has 37 heavy (non-hydrogen) atoms. The van der Waals surface area contributed by atoms with Gasteiger partial charge in [-0.3, -0.25) is 9.80 Å². The summed E-state index contributed by atoms with van der Waals surface area (Å²) in [5.74, 6) is 0.414. The van der Waals surface area contributed by atoms with Crippen LogP contribution in [-0.4, -0.2) is 87.8 Å². The van der Waals surface area contributed by atoms with Crippen LogP contribution in [0.25, 0.3) is 0 Å². The van der Waals surface area contributed by atoms with Crippen molar-refractivity contribution in [2.45, 2.75) is 13.0 Å². The number of amides is 1. The number of hydrogen-bond donors (Lipinski definition) is 1. The molecule has 0 saturated carbocycles. The number of halogens is 1. The third-order valence-corrected chi connectivity index (χ3v) is 6.55. The Kier molecular flexibility index (Phi) is 8.78. The molecule has 1 amide bonds. The molecule has 1 atom stereocenters. The fourth-order valence-electron chi connectivity index (χ4n) is 4.44. The minimum absolute atomic E-state index is 0.339. The number of cyclic esters (lactones) is 1. The lowest BCUT2D eigenvalue weighted by molar-refractivity contribution is 0.143. The first-order valence-electron chi connectivity index (χ1n) is 12.1. The Hall–Kier alpha value is -3.44. The van der Waals surface area contributed by atoms with Gasteiger partial charge in [-0.15, -0.1) is 0 Å². The highest BCUT2D eigenvalue weighted by Crippen LogP contribution is 2.28. The van der Waals surface area contributed by atoms with Gasteiger partial charge in [0.2, 0.25) is 0 Å². The van der Waals surface area contributed by atoms with Crippen molar-refractivity contribution in [3.63, 3.8) is 0 Å². The first kappa shape index (κ1) is 26.6. The van der Waals surface area contributed by atoms with Gasteiger partial charge < -0.3 is 24.5 Å². The third kappa shape index (κ3) is 6.66. The van der Waals surface area contributed by atoms with E-state index in [1.165, 1.54) is 18.1 Å². The molecule has 198 valence electrons. The molecular formula is C26H32FN5O4S. The molecule has 0 aromatic heterocycles. The average molecular weight is 530 g/mol. The Morgan fingerprint density at radius 1 is 1.16 bits per heavy atom. The lowest BCUT2D eigenvalue weighted by Gasteiger charge is -2.36. The molecule has 2 aliphatic rings. The lowest BCUT2D eigenvalue weighted by atomic mass is 10.1. The Bertz CT molecular complexity index is 1140. The van der Waals surface area contributed by atoms with Crippen LogP contribution in [0.5, 0.6) is 5.75 Å². The van der Waals surface area contributed by atoms with E-state index in [2.05, 4.69) is 15.4 Å². The standard InChI is InChI=1S/C26H32FN5O4S/c1-18(37)28-15-22-16-32(26(33)36-22)20-6-9-25(23(27)14-20)31-12-10-30(11-13-31)17-24(29-35-3)19-4-7-21(34-2)8-5-19/h4-9,14,22H,10-13,15-17H2,1-3H3,(H,28,37)/b29-24-/t22-/m0/s1. The Labute approximate surface area is 221 Å². The zero-order chi connectivity index (χ0) is 26.4. The molecule has 0 aliphatic carbocycles. The van der Waals surface area contributed by atoms with Gasteiger partial charge >= 0.3 is 6.09 Å². The van der Waals surface area contributed by atoms with Crippen molar-refractivity contribution in [3.8, 4) is 5.75 Å². The van der Waals surface area contributed by atoms with Crippen molar-refractivity contribution in [2.24, 2.45) is 5.16 Å². The van der Waals surface area contributed by atoms with Crippen molar-refractivity contribution < 1.29 is 23.5 Å². The molecule has 2 aliphatic heterocycles. The summed E-state index contributed by atoms with van der Waals surface area (Å²) in [5, 5.41) is 7.23. The molecule has 1 N–H and O–H groups in total. The molecule has 0 radical (unpaired) electrons. The second-order valence-corrected chi connectivity index (χ2v) is 9.51. The number of hydrogen-bond acceptors (Lipinski definition) is 8. The fraction of sp³-hybridized carbons (Fsp3) is 0.423. The molecule has 2 heterocycles. The van der Waals surface area contributed by atoms with Crippen molar-refractivity contribution in [3.05, 3.63) is 53.8 Å². The van der Waals surface area contributed by atoms with Crippen molar-refractivity contribution in [2.75, 3.05) is 69.8 Å². The predicted molar refractivity (Wildman–Crippen MR) is 145 cm³/mol. The second kappa shape index (κ2) is 12.2. The van der Waals surface area contributed by atoms with E-state index in [-0.39, 0.29) is 11.9 Å². The Morgan fingerprint density at radius 2 is 1.89 bits per heavy atom. The van der Waals surface area contributed by atoms with E-state index >= 15 is 4.39 Å². The smallest absolute Gasteiger partial charge is 0.414 e. The van der Waals surface area contributed by atoms with Gasteiger partial charge in [-0.25, -0.2) is 9.18 Å². The van der Waals surface area contributed by atoms with Gasteiger partial charge in [-0.05, 0) is 49.4 Å². The summed E-state index contributed by atoms with van der Waals surface area (Å²) >= 11 is 5.01. The van der Waals surface area contributed by atoms with Crippen molar-refractivity contribution in [1.29, 1.82) is 0 Å². The monoisotopic (exact) mass is 529 g/mol.